The van der Waals surface area contributed by atoms with Crippen molar-refractivity contribution in [2.45, 2.75) is 6.92 Å². The summed E-state index contributed by atoms with van der Waals surface area (Å²) in [5.41, 5.74) is -0.231. The standard InChI is InChI=1S/C5H5NO2/c1-3-4(6-2)5(7)8/h3H,1H3,(H,7,8)/b4-3-. The molecule has 42 valence electrons. The molecule has 0 spiro atoms. The average Bonchev–Trinajstić information content (AvgIpc) is 1.69. The third-order valence-corrected chi connectivity index (χ3v) is 0.613. The Labute approximate surface area is 47.1 Å². The molecule has 0 aliphatic carbocycles. The number of carboxylic acids is 1. The van der Waals surface area contributed by atoms with E-state index in [0.717, 1.165) is 0 Å². The molecule has 0 aromatic heterocycles. The van der Waals surface area contributed by atoms with Gasteiger partial charge in [-0.15, -0.1) is 0 Å². The summed E-state index contributed by atoms with van der Waals surface area (Å²) in [5.74, 6) is -1.16. The first-order valence-electron chi connectivity index (χ1n) is 1.99. The van der Waals surface area contributed by atoms with Crippen LogP contribution in [-0.4, -0.2) is 11.1 Å². The van der Waals surface area contributed by atoms with E-state index >= 15 is 0 Å². The second kappa shape index (κ2) is 2.80. The van der Waals surface area contributed by atoms with Crippen molar-refractivity contribution in [1.29, 1.82) is 0 Å². The number of aliphatic carboxylic acids is 1. The van der Waals surface area contributed by atoms with Gasteiger partial charge in [0.2, 0.25) is 0 Å². The SMILES string of the molecule is [C-]#[N+]/C(=C\C)C(=O)O. The molecule has 0 aromatic carbocycles. The quantitative estimate of drug-likeness (QED) is 0.403. The molecule has 3 heteroatoms. The van der Waals surface area contributed by atoms with Gasteiger partial charge in [-0.25, -0.2) is 4.85 Å². The number of rotatable bonds is 1. The maximum atomic E-state index is 9.88. The lowest BCUT2D eigenvalue weighted by Gasteiger charge is -1.81. The minimum Gasteiger partial charge on any atom is -0.486 e. The van der Waals surface area contributed by atoms with E-state index in [0.29, 0.717) is 0 Å². The van der Waals surface area contributed by atoms with E-state index in [9.17, 15) is 4.79 Å². The summed E-state index contributed by atoms with van der Waals surface area (Å²) in [6.45, 7) is 7.78. The Balaban J connectivity index is 4.20. The third kappa shape index (κ3) is 1.43. The predicted octanol–water partition coefficient (Wildman–Crippen LogP) is 0.894. The van der Waals surface area contributed by atoms with E-state index in [1.807, 2.05) is 0 Å². The zero-order valence-electron chi connectivity index (χ0n) is 4.38. The molecule has 3 nitrogen and oxygen atoms in total. The van der Waals surface area contributed by atoms with Gasteiger partial charge in [0.05, 0.1) is 6.57 Å². The lowest BCUT2D eigenvalue weighted by Crippen LogP contribution is -1.94. The fraction of sp³-hybridized carbons (Fsp3) is 0.200. The highest BCUT2D eigenvalue weighted by Gasteiger charge is 2.01. The molecule has 0 bridgehead atoms. The lowest BCUT2D eigenvalue weighted by atomic mass is 10.4. The second-order valence-electron chi connectivity index (χ2n) is 1.09. The van der Waals surface area contributed by atoms with Gasteiger partial charge in [0.1, 0.15) is 0 Å². The first kappa shape index (κ1) is 6.70. The van der Waals surface area contributed by atoms with Crippen LogP contribution in [0.15, 0.2) is 11.8 Å². The zero-order chi connectivity index (χ0) is 6.57. The molecule has 8 heavy (non-hydrogen) atoms. The van der Waals surface area contributed by atoms with E-state index in [4.69, 9.17) is 11.7 Å². The molecule has 1 N–H and O–H groups in total. The van der Waals surface area contributed by atoms with E-state index in [-0.39, 0.29) is 5.70 Å². The van der Waals surface area contributed by atoms with Crippen LogP contribution < -0.4 is 0 Å². The fourth-order valence-electron chi connectivity index (χ4n) is 0.236. The lowest BCUT2D eigenvalue weighted by molar-refractivity contribution is -0.132. The summed E-state index contributed by atoms with van der Waals surface area (Å²) in [6, 6.07) is 0. The van der Waals surface area contributed by atoms with Gasteiger partial charge < -0.3 is 5.11 Å². The summed E-state index contributed by atoms with van der Waals surface area (Å²) in [6.07, 6.45) is 1.26. The Bertz CT molecular complexity index is 164. The van der Waals surface area contributed by atoms with Gasteiger partial charge in [-0.1, -0.05) is 13.0 Å². The highest BCUT2D eigenvalue weighted by atomic mass is 16.4. The number of carbonyl (C=O) groups is 1. The average molecular weight is 111 g/mol. The minimum absolute atomic E-state index is 0.231. The zero-order valence-corrected chi connectivity index (χ0v) is 4.38. The number of carboxylic acid groups (broad SMARTS) is 1. The fourth-order valence-corrected chi connectivity index (χ4v) is 0.236. The summed E-state index contributed by atoms with van der Waals surface area (Å²) < 4.78 is 0. The molecular weight excluding hydrogens is 106 g/mol. The monoisotopic (exact) mass is 111 g/mol. The smallest absolute Gasteiger partial charge is 0.333 e. The Morgan fingerprint density at radius 1 is 1.88 bits per heavy atom. The second-order valence-corrected chi connectivity index (χ2v) is 1.09. The number of nitrogens with zero attached hydrogens (tertiary/aromatic N) is 1. The summed E-state index contributed by atoms with van der Waals surface area (Å²) >= 11 is 0. The molecule has 0 aromatic rings. The van der Waals surface area contributed by atoms with Crippen LogP contribution in [0.5, 0.6) is 0 Å². The molecule has 0 heterocycles. The molecule has 0 radical (unpaired) electrons. The van der Waals surface area contributed by atoms with Crippen molar-refractivity contribution in [3.63, 3.8) is 0 Å². The summed E-state index contributed by atoms with van der Waals surface area (Å²) in [7, 11) is 0. The van der Waals surface area contributed by atoms with Gasteiger partial charge in [0.15, 0.2) is 0 Å². The Kier molecular flexibility index (Phi) is 2.35. The first-order valence-corrected chi connectivity index (χ1v) is 1.99. The maximum absolute atomic E-state index is 9.88. The van der Waals surface area contributed by atoms with E-state index in [2.05, 4.69) is 4.85 Å². The topological polar surface area (TPSA) is 41.7 Å². The highest BCUT2D eigenvalue weighted by molar-refractivity contribution is 5.88. The van der Waals surface area contributed by atoms with Gasteiger partial charge in [-0.2, -0.15) is 0 Å². The number of allylic oxidation sites excluding steroid dienone is 1. The molecule has 0 unspecified atom stereocenters. The van der Waals surface area contributed by atoms with Crippen molar-refractivity contribution in [2.24, 2.45) is 0 Å². The summed E-state index contributed by atoms with van der Waals surface area (Å²) in [5, 5.41) is 8.09. The van der Waals surface area contributed by atoms with E-state index < -0.39 is 5.97 Å². The Morgan fingerprint density at radius 3 is 2.38 bits per heavy atom. The maximum Gasteiger partial charge on any atom is 0.333 e. The van der Waals surface area contributed by atoms with Crippen LogP contribution in [0.2, 0.25) is 0 Å². The molecule has 0 saturated heterocycles. The third-order valence-electron chi connectivity index (χ3n) is 0.613. The van der Waals surface area contributed by atoms with Crippen molar-refractivity contribution in [3.8, 4) is 0 Å². The molecule has 0 amide bonds. The summed E-state index contributed by atoms with van der Waals surface area (Å²) in [4.78, 5) is 12.6. The normalized spacial score (nSPS) is 10.2. The van der Waals surface area contributed by atoms with Crippen LogP contribution in [0.1, 0.15) is 6.92 Å². The van der Waals surface area contributed by atoms with Crippen molar-refractivity contribution >= 4 is 5.97 Å². The first-order chi connectivity index (χ1) is 3.72. The molecular formula is C5H5NO2. The molecule has 0 atom stereocenters. The molecule has 0 fully saturated rings. The van der Waals surface area contributed by atoms with Crippen molar-refractivity contribution in [3.05, 3.63) is 23.2 Å². The Hall–Kier alpha value is -1.30. The Morgan fingerprint density at radius 2 is 2.38 bits per heavy atom. The van der Waals surface area contributed by atoms with Crippen LogP contribution in [0.25, 0.3) is 4.85 Å². The van der Waals surface area contributed by atoms with Crippen LogP contribution in [-0.2, 0) is 4.79 Å². The van der Waals surface area contributed by atoms with Gasteiger partial charge in [-0.3, -0.25) is 4.79 Å². The van der Waals surface area contributed by atoms with Crippen LogP contribution in [0.3, 0.4) is 0 Å². The number of hydrogen-bond acceptors (Lipinski definition) is 1. The van der Waals surface area contributed by atoms with Crippen molar-refractivity contribution < 1.29 is 9.90 Å². The molecule has 0 saturated carbocycles. The van der Waals surface area contributed by atoms with Crippen LogP contribution >= 0.6 is 0 Å². The molecule has 0 aliphatic heterocycles. The largest absolute Gasteiger partial charge is 0.486 e. The molecule has 0 rings (SSSR count). The van der Waals surface area contributed by atoms with Crippen molar-refractivity contribution in [1.82, 2.24) is 0 Å². The minimum atomic E-state index is -1.16. The number of hydrogen-bond donors (Lipinski definition) is 1. The van der Waals surface area contributed by atoms with Crippen LogP contribution in [0.4, 0.5) is 0 Å². The van der Waals surface area contributed by atoms with Gasteiger partial charge >= 0.3 is 5.97 Å². The highest BCUT2D eigenvalue weighted by Crippen LogP contribution is 1.93. The van der Waals surface area contributed by atoms with E-state index in [1.54, 1.807) is 0 Å². The van der Waals surface area contributed by atoms with Crippen LogP contribution in [0, 0.1) is 6.57 Å². The van der Waals surface area contributed by atoms with Gasteiger partial charge in [0, 0.05) is 0 Å². The van der Waals surface area contributed by atoms with E-state index in [1.165, 1.54) is 13.0 Å². The molecule has 0 aliphatic rings. The van der Waals surface area contributed by atoms with Crippen molar-refractivity contribution in [2.75, 3.05) is 0 Å². The predicted molar refractivity (Wildman–Crippen MR) is 28.0 cm³/mol. The van der Waals surface area contributed by atoms with Gasteiger partial charge in [-0.05, 0) is 0 Å². The van der Waals surface area contributed by atoms with Gasteiger partial charge in [0.25, 0.3) is 5.70 Å².